The first-order chi connectivity index (χ1) is 15.7. The molecule has 2 aromatic heterocycles. The second-order valence-electron chi connectivity index (χ2n) is 8.16. The molecule has 1 unspecified atom stereocenters. The van der Waals surface area contributed by atoms with Gasteiger partial charge in [-0.15, -0.1) is 0 Å². The average molecular weight is 455 g/mol. The Kier molecular flexibility index (Phi) is 9.60. The smallest absolute Gasteiger partial charge is 0.374 e. The van der Waals surface area contributed by atoms with Crippen molar-refractivity contribution < 1.29 is 13.3 Å². The molecule has 6 heteroatoms. The summed E-state index contributed by atoms with van der Waals surface area (Å²) in [5, 5.41) is 2.29. The summed E-state index contributed by atoms with van der Waals surface area (Å²) in [5.41, 5.74) is 3.18. The maximum atomic E-state index is 6.01. The third-order valence-electron chi connectivity index (χ3n) is 5.89. The Morgan fingerprint density at radius 2 is 1.44 bits per heavy atom. The Balaban J connectivity index is 1.72. The Labute approximate surface area is 193 Å². The number of fused-ring (bicyclic) bond motifs is 3. The van der Waals surface area contributed by atoms with Crippen molar-refractivity contribution in [3.63, 3.8) is 0 Å². The predicted molar refractivity (Wildman–Crippen MR) is 134 cm³/mol. The molecular weight excluding hydrogens is 416 g/mol. The monoisotopic (exact) mass is 454 g/mol. The Morgan fingerprint density at radius 1 is 0.781 bits per heavy atom. The molecule has 0 N–H and O–H groups in total. The van der Waals surface area contributed by atoms with Crippen molar-refractivity contribution >= 4 is 30.6 Å². The van der Waals surface area contributed by atoms with Gasteiger partial charge in [0.15, 0.2) is 0 Å². The van der Waals surface area contributed by atoms with Crippen LogP contribution in [0.3, 0.4) is 0 Å². The number of pyridine rings is 2. The standard InChI is InChI=1S/C26H38N2O3Si/c1-5-12-21(13-9-10-20-32(29-6-2,30-7-3)31-8-4)24-18-17-23-16-15-22-14-11-19-27-25(22)26(23)28-24/h11,14-19,21H,5-10,12-13,20H2,1-4H3. The van der Waals surface area contributed by atoms with Gasteiger partial charge in [0.25, 0.3) is 0 Å². The maximum absolute atomic E-state index is 6.01. The molecule has 0 fully saturated rings. The molecule has 2 heterocycles. The van der Waals surface area contributed by atoms with Crippen LogP contribution in [0.5, 0.6) is 0 Å². The van der Waals surface area contributed by atoms with Crippen molar-refractivity contribution in [3.8, 4) is 0 Å². The van der Waals surface area contributed by atoms with Gasteiger partial charge in [0.1, 0.15) is 0 Å². The quantitative estimate of drug-likeness (QED) is 0.151. The molecular formula is C26H38N2O3Si. The first-order valence-electron chi connectivity index (χ1n) is 12.2. The molecule has 1 aromatic carbocycles. The fourth-order valence-electron chi connectivity index (χ4n) is 4.49. The van der Waals surface area contributed by atoms with E-state index in [0.717, 1.165) is 60.0 Å². The normalized spacial score (nSPS) is 13.1. The zero-order chi connectivity index (χ0) is 22.8. The molecule has 0 aliphatic heterocycles. The van der Waals surface area contributed by atoms with Gasteiger partial charge < -0.3 is 13.3 Å². The van der Waals surface area contributed by atoms with Gasteiger partial charge in [-0.25, -0.2) is 0 Å². The number of unbranched alkanes of at least 4 members (excludes halogenated alkanes) is 1. The molecule has 3 rings (SSSR count). The second-order valence-corrected chi connectivity index (χ2v) is 10.9. The maximum Gasteiger partial charge on any atom is 0.500 e. The number of nitrogens with zero attached hydrogens (tertiary/aromatic N) is 2. The lowest BCUT2D eigenvalue weighted by Gasteiger charge is -2.28. The SMILES string of the molecule is CCCC(CCCC[Si](OCC)(OCC)OCC)c1ccc2ccc3cccnc3c2n1. The lowest BCUT2D eigenvalue weighted by molar-refractivity contribution is 0.0706. The van der Waals surface area contributed by atoms with Gasteiger partial charge in [-0.2, -0.15) is 0 Å². The van der Waals surface area contributed by atoms with Crippen LogP contribution in [0.1, 0.15) is 71.4 Å². The van der Waals surface area contributed by atoms with Crippen LogP contribution in [0.25, 0.3) is 21.8 Å². The van der Waals surface area contributed by atoms with Crippen LogP contribution in [0.2, 0.25) is 6.04 Å². The minimum Gasteiger partial charge on any atom is -0.374 e. The van der Waals surface area contributed by atoms with Gasteiger partial charge in [-0.05, 0) is 52.2 Å². The van der Waals surface area contributed by atoms with Crippen molar-refractivity contribution in [2.24, 2.45) is 0 Å². The molecule has 0 spiro atoms. The van der Waals surface area contributed by atoms with E-state index in [0.29, 0.717) is 25.7 Å². The zero-order valence-electron chi connectivity index (χ0n) is 20.1. The molecule has 1 atom stereocenters. The fourth-order valence-corrected chi connectivity index (χ4v) is 7.17. The minimum atomic E-state index is -2.56. The van der Waals surface area contributed by atoms with Crippen LogP contribution in [0.15, 0.2) is 42.6 Å². The lowest BCUT2D eigenvalue weighted by atomic mass is 9.93. The average Bonchev–Trinajstić information content (AvgIpc) is 2.81. The van der Waals surface area contributed by atoms with Gasteiger partial charge in [-0.1, -0.05) is 44.0 Å². The van der Waals surface area contributed by atoms with E-state index in [1.54, 1.807) is 0 Å². The van der Waals surface area contributed by atoms with Crippen molar-refractivity contribution in [2.45, 2.75) is 71.8 Å². The van der Waals surface area contributed by atoms with E-state index in [4.69, 9.17) is 18.3 Å². The van der Waals surface area contributed by atoms with E-state index in [9.17, 15) is 0 Å². The third-order valence-corrected chi connectivity index (χ3v) is 9.04. The molecule has 0 aliphatic rings. The van der Waals surface area contributed by atoms with Gasteiger partial charge in [-0.3, -0.25) is 9.97 Å². The van der Waals surface area contributed by atoms with E-state index < -0.39 is 8.80 Å². The minimum absolute atomic E-state index is 0.450. The summed E-state index contributed by atoms with van der Waals surface area (Å²) in [4.78, 5) is 9.72. The predicted octanol–water partition coefficient (Wildman–Crippen LogP) is 6.89. The molecule has 0 amide bonds. The summed E-state index contributed by atoms with van der Waals surface area (Å²) in [6.07, 6.45) is 7.41. The number of aromatic nitrogens is 2. The molecule has 174 valence electrons. The first-order valence-corrected chi connectivity index (χ1v) is 14.2. The van der Waals surface area contributed by atoms with Gasteiger partial charge in [0, 0.05) is 54.4 Å². The van der Waals surface area contributed by atoms with E-state index in [-0.39, 0.29) is 0 Å². The molecule has 0 saturated carbocycles. The highest BCUT2D eigenvalue weighted by Crippen LogP contribution is 2.30. The Hall–Kier alpha value is -1.86. The number of rotatable bonds is 14. The third kappa shape index (κ3) is 6.13. The second kappa shape index (κ2) is 12.4. The molecule has 5 nitrogen and oxygen atoms in total. The summed E-state index contributed by atoms with van der Waals surface area (Å²) in [5.74, 6) is 0.450. The molecule has 0 aliphatic carbocycles. The molecule has 0 saturated heterocycles. The van der Waals surface area contributed by atoms with Crippen LogP contribution in [0.4, 0.5) is 0 Å². The first kappa shape index (κ1) is 24.8. The van der Waals surface area contributed by atoms with E-state index in [2.05, 4.69) is 42.2 Å². The molecule has 32 heavy (non-hydrogen) atoms. The Morgan fingerprint density at radius 3 is 2.09 bits per heavy atom. The fraction of sp³-hybridized carbons (Fsp3) is 0.538. The Bertz CT molecular complexity index is 965. The number of hydrogen-bond donors (Lipinski definition) is 0. The van der Waals surface area contributed by atoms with Crippen LogP contribution in [-0.4, -0.2) is 38.6 Å². The van der Waals surface area contributed by atoms with Crippen LogP contribution in [0, 0.1) is 0 Å². The van der Waals surface area contributed by atoms with Crippen LogP contribution >= 0.6 is 0 Å². The van der Waals surface area contributed by atoms with Crippen molar-refractivity contribution in [1.29, 1.82) is 0 Å². The summed E-state index contributed by atoms with van der Waals surface area (Å²) in [6.45, 7) is 10.2. The van der Waals surface area contributed by atoms with Crippen molar-refractivity contribution in [3.05, 3.63) is 48.3 Å². The number of hydrogen-bond acceptors (Lipinski definition) is 5. The van der Waals surface area contributed by atoms with Crippen LogP contribution < -0.4 is 0 Å². The molecule has 0 bridgehead atoms. The van der Waals surface area contributed by atoms with Crippen molar-refractivity contribution in [1.82, 2.24) is 9.97 Å². The number of benzene rings is 1. The molecule has 3 aromatic rings. The summed E-state index contributed by atoms with van der Waals surface area (Å²) in [6, 6.07) is 13.6. The van der Waals surface area contributed by atoms with Gasteiger partial charge in [0.2, 0.25) is 0 Å². The van der Waals surface area contributed by atoms with Crippen LogP contribution in [-0.2, 0) is 13.3 Å². The zero-order valence-corrected chi connectivity index (χ0v) is 21.1. The highest BCUT2D eigenvalue weighted by Gasteiger charge is 2.39. The van der Waals surface area contributed by atoms with E-state index in [1.165, 1.54) is 5.69 Å². The van der Waals surface area contributed by atoms with Gasteiger partial charge in [0.05, 0.1) is 11.0 Å². The summed E-state index contributed by atoms with van der Waals surface area (Å²) < 4.78 is 18.0. The topological polar surface area (TPSA) is 53.5 Å². The highest BCUT2D eigenvalue weighted by molar-refractivity contribution is 6.60. The lowest BCUT2D eigenvalue weighted by Crippen LogP contribution is -2.45. The highest BCUT2D eigenvalue weighted by atomic mass is 28.4. The molecule has 0 radical (unpaired) electrons. The summed E-state index contributed by atoms with van der Waals surface area (Å²) in [7, 11) is -2.56. The summed E-state index contributed by atoms with van der Waals surface area (Å²) >= 11 is 0. The van der Waals surface area contributed by atoms with E-state index >= 15 is 0 Å². The largest absolute Gasteiger partial charge is 0.500 e. The van der Waals surface area contributed by atoms with Crippen molar-refractivity contribution in [2.75, 3.05) is 19.8 Å². The van der Waals surface area contributed by atoms with Gasteiger partial charge >= 0.3 is 8.80 Å². The van der Waals surface area contributed by atoms with E-state index in [1.807, 2.05) is 33.0 Å².